The van der Waals surface area contributed by atoms with Gasteiger partial charge in [0.15, 0.2) is 0 Å². The third-order valence-electron chi connectivity index (χ3n) is 4.73. The lowest BCUT2D eigenvalue weighted by atomic mass is 10.0. The van der Waals surface area contributed by atoms with E-state index in [0.717, 1.165) is 6.04 Å². The maximum atomic E-state index is 3.59. The zero-order valence-corrected chi connectivity index (χ0v) is 13.8. The molecule has 0 N–H and O–H groups in total. The summed E-state index contributed by atoms with van der Waals surface area (Å²) in [7, 11) is 0. The number of hydrogen-bond acceptors (Lipinski definition) is 2. The van der Waals surface area contributed by atoms with Crippen molar-refractivity contribution in [2.24, 2.45) is 0 Å². The van der Waals surface area contributed by atoms with E-state index in [1.165, 1.54) is 74.9 Å². The summed E-state index contributed by atoms with van der Waals surface area (Å²) in [5, 5.41) is 0. The van der Waals surface area contributed by atoms with Gasteiger partial charge < -0.3 is 4.90 Å². The average molecular weight is 337 g/mol. The molecule has 0 saturated carbocycles. The Labute approximate surface area is 131 Å². The van der Waals surface area contributed by atoms with E-state index in [-0.39, 0.29) is 0 Å². The van der Waals surface area contributed by atoms with Crippen LogP contribution in [0.2, 0.25) is 0 Å². The molecular weight excluding hydrogens is 312 g/mol. The topological polar surface area (TPSA) is 6.48 Å². The molecule has 2 saturated heterocycles. The van der Waals surface area contributed by atoms with Gasteiger partial charge in [-0.2, -0.15) is 0 Å². The molecule has 2 nitrogen and oxygen atoms in total. The molecular formula is C17H25BrN2. The van der Waals surface area contributed by atoms with E-state index in [4.69, 9.17) is 0 Å². The molecule has 0 spiro atoms. The minimum atomic E-state index is 0.765. The lowest BCUT2D eigenvalue weighted by Crippen LogP contribution is -2.48. The smallest absolute Gasteiger partial charge is 0.0378 e. The summed E-state index contributed by atoms with van der Waals surface area (Å²) >= 11 is 3.59. The van der Waals surface area contributed by atoms with Crippen LogP contribution in [0.4, 0.5) is 5.69 Å². The molecule has 0 aromatic heterocycles. The van der Waals surface area contributed by atoms with Gasteiger partial charge in [-0.1, -0.05) is 34.8 Å². The van der Waals surface area contributed by atoms with Gasteiger partial charge in [-0.25, -0.2) is 0 Å². The molecule has 0 unspecified atom stereocenters. The number of piperidine rings is 1. The average Bonchev–Trinajstić information content (AvgIpc) is 2.76. The van der Waals surface area contributed by atoms with Crippen LogP contribution in [0.1, 0.15) is 38.5 Å². The number of hydrogen-bond donors (Lipinski definition) is 0. The van der Waals surface area contributed by atoms with Crippen LogP contribution in [0, 0.1) is 0 Å². The third-order valence-corrected chi connectivity index (χ3v) is 5.22. The molecule has 2 aliphatic rings. The van der Waals surface area contributed by atoms with Gasteiger partial charge in [-0.05, 0) is 57.0 Å². The fourth-order valence-corrected chi connectivity index (χ4v) is 4.01. The second-order valence-corrected chi connectivity index (χ2v) is 7.09. The van der Waals surface area contributed by atoms with E-state index in [1.807, 2.05) is 0 Å². The summed E-state index contributed by atoms with van der Waals surface area (Å²) in [4.78, 5) is 5.33. The first-order valence-corrected chi connectivity index (χ1v) is 8.87. The maximum absolute atomic E-state index is 3.59. The summed E-state index contributed by atoms with van der Waals surface area (Å²) in [5.41, 5.74) is 1.37. The van der Waals surface area contributed by atoms with Crippen LogP contribution in [0.3, 0.4) is 0 Å². The monoisotopic (exact) mass is 336 g/mol. The van der Waals surface area contributed by atoms with E-state index in [0.29, 0.717) is 0 Å². The molecule has 0 bridgehead atoms. The van der Waals surface area contributed by atoms with Gasteiger partial charge in [0.2, 0.25) is 0 Å². The molecule has 0 aliphatic carbocycles. The lowest BCUT2D eigenvalue weighted by Gasteiger charge is -2.40. The van der Waals surface area contributed by atoms with E-state index in [2.05, 4.69) is 50.0 Å². The third kappa shape index (κ3) is 3.56. The first-order valence-electron chi connectivity index (χ1n) is 8.07. The Morgan fingerprint density at radius 1 is 0.950 bits per heavy atom. The Morgan fingerprint density at radius 3 is 2.50 bits per heavy atom. The molecule has 2 fully saturated rings. The highest BCUT2D eigenvalue weighted by molar-refractivity contribution is 9.10. The molecule has 110 valence electrons. The summed E-state index contributed by atoms with van der Waals surface area (Å²) < 4.78 is 1.19. The Morgan fingerprint density at radius 2 is 1.75 bits per heavy atom. The molecule has 0 amide bonds. The predicted octanol–water partition coefficient (Wildman–Crippen LogP) is 4.29. The van der Waals surface area contributed by atoms with Crippen molar-refractivity contribution in [2.75, 3.05) is 31.1 Å². The van der Waals surface area contributed by atoms with Crippen LogP contribution < -0.4 is 4.90 Å². The van der Waals surface area contributed by atoms with E-state index in [9.17, 15) is 0 Å². The number of nitrogens with zero attached hydrogens (tertiary/aromatic N) is 2. The number of halogens is 1. The van der Waals surface area contributed by atoms with E-state index >= 15 is 0 Å². The lowest BCUT2D eigenvalue weighted by molar-refractivity contribution is 0.182. The highest BCUT2D eigenvalue weighted by Crippen LogP contribution is 2.26. The fourth-order valence-electron chi connectivity index (χ4n) is 3.62. The second kappa shape index (κ2) is 6.95. The molecule has 20 heavy (non-hydrogen) atoms. The molecule has 2 heterocycles. The van der Waals surface area contributed by atoms with Crippen LogP contribution >= 0.6 is 15.9 Å². The largest absolute Gasteiger partial charge is 0.370 e. The molecule has 3 heteroatoms. The van der Waals surface area contributed by atoms with Gasteiger partial charge in [0, 0.05) is 29.3 Å². The van der Waals surface area contributed by atoms with Gasteiger partial charge in [-0.15, -0.1) is 0 Å². The minimum Gasteiger partial charge on any atom is -0.370 e. The minimum absolute atomic E-state index is 0.765. The Hall–Kier alpha value is -0.540. The van der Waals surface area contributed by atoms with E-state index in [1.54, 1.807) is 0 Å². The maximum Gasteiger partial charge on any atom is 0.0378 e. The Kier molecular flexibility index (Phi) is 5.00. The first kappa shape index (κ1) is 14.4. The molecule has 2 aliphatic heterocycles. The van der Waals surface area contributed by atoms with Crippen molar-refractivity contribution in [3.8, 4) is 0 Å². The summed E-state index contributed by atoms with van der Waals surface area (Å²) in [5.74, 6) is 0. The Balaban J connectivity index is 1.66. The number of rotatable bonds is 2. The highest BCUT2D eigenvalue weighted by Gasteiger charge is 2.25. The van der Waals surface area contributed by atoms with Gasteiger partial charge in [0.05, 0.1) is 0 Å². The molecule has 1 aromatic carbocycles. The van der Waals surface area contributed by atoms with Gasteiger partial charge in [0.1, 0.15) is 0 Å². The normalized spacial score (nSPS) is 25.4. The summed E-state index contributed by atoms with van der Waals surface area (Å²) in [6.45, 7) is 5.05. The van der Waals surface area contributed by atoms with E-state index < -0.39 is 0 Å². The summed E-state index contributed by atoms with van der Waals surface area (Å²) in [6, 6.07) is 9.52. The van der Waals surface area contributed by atoms with Crippen LogP contribution in [-0.4, -0.2) is 37.1 Å². The van der Waals surface area contributed by atoms with Crippen molar-refractivity contribution < 1.29 is 0 Å². The number of benzene rings is 1. The van der Waals surface area contributed by atoms with Gasteiger partial charge >= 0.3 is 0 Å². The molecule has 1 atom stereocenters. The van der Waals surface area contributed by atoms with Crippen LogP contribution in [0.15, 0.2) is 28.7 Å². The van der Waals surface area contributed by atoms with Crippen molar-refractivity contribution in [3.63, 3.8) is 0 Å². The van der Waals surface area contributed by atoms with Crippen LogP contribution in [0.25, 0.3) is 0 Å². The first-order chi connectivity index (χ1) is 9.83. The van der Waals surface area contributed by atoms with Gasteiger partial charge in [-0.3, -0.25) is 4.90 Å². The van der Waals surface area contributed by atoms with Crippen molar-refractivity contribution in [1.82, 2.24) is 4.90 Å². The van der Waals surface area contributed by atoms with Gasteiger partial charge in [0.25, 0.3) is 0 Å². The number of anilines is 1. The second-order valence-electron chi connectivity index (χ2n) is 6.17. The standard InChI is InChI=1S/C17H25BrN2/c18-15-7-5-8-16(13-15)20-12-6-9-17(14-20)19-10-3-1-2-4-11-19/h5,7-8,13,17H,1-4,6,9-12,14H2/t17-/m0/s1. The highest BCUT2D eigenvalue weighted by atomic mass is 79.9. The predicted molar refractivity (Wildman–Crippen MR) is 89.4 cm³/mol. The van der Waals surface area contributed by atoms with Crippen molar-refractivity contribution >= 4 is 21.6 Å². The zero-order valence-electron chi connectivity index (χ0n) is 12.2. The van der Waals surface area contributed by atoms with Crippen molar-refractivity contribution in [3.05, 3.63) is 28.7 Å². The van der Waals surface area contributed by atoms with Crippen LogP contribution in [-0.2, 0) is 0 Å². The SMILES string of the molecule is Brc1cccc(N2CCC[C@H](N3CCCCCC3)C2)c1. The molecule has 3 rings (SSSR count). The summed E-state index contributed by atoms with van der Waals surface area (Å²) in [6.07, 6.45) is 8.36. The molecule has 0 radical (unpaired) electrons. The molecule has 1 aromatic rings. The van der Waals surface area contributed by atoms with Crippen molar-refractivity contribution in [1.29, 1.82) is 0 Å². The number of likely N-dealkylation sites (tertiary alicyclic amines) is 1. The fraction of sp³-hybridized carbons (Fsp3) is 0.647. The van der Waals surface area contributed by atoms with Crippen molar-refractivity contribution in [2.45, 2.75) is 44.6 Å². The zero-order chi connectivity index (χ0) is 13.8. The quantitative estimate of drug-likeness (QED) is 0.794. The Bertz CT molecular complexity index is 427. The van der Waals surface area contributed by atoms with Crippen LogP contribution in [0.5, 0.6) is 0 Å².